The summed E-state index contributed by atoms with van der Waals surface area (Å²) in [5.41, 5.74) is 8.71. The Hall–Kier alpha value is -2.56. The zero-order chi connectivity index (χ0) is 15.0. The third kappa shape index (κ3) is 2.54. The van der Waals surface area contributed by atoms with Gasteiger partial charge in [0.1, 0.15) is 11.6 Å². The lowest BCUT2D eigenvalue weighted by atomic mass is 10.1. The van der Waals surface area contributed by atoms with Gasteiger partial charge in [0.15, 0.2) is 6.61 Å². The van der Waals surface area contributed by atoms with Gasteiger partial charge in [-0.25, -0.2) is 4.39 Å². The van der Waals surface area contributed by atoms with E-state index in [2.05, 4.69) is 0 Å². The smallest absolute Gasteiger partial charge is 0.265 e. The third-order valence-corrected chi connectivity index (χ3v) is 3.56. The Balaban J connectivity index is 1.96. The van der Waals surface area contributed by atoms with Crippen molar-refractivity contribution in [3.63, 3.8) is 0 Å². The van der Waals surface area contributed by atoms with Gasteiger partial charge >= 0.3 is 0 Å². The number of carbonyl (C=O) groups excluding carboxylic acids is 1. The van der Waals surface area contributed by atoms with Crippen LogP contribution in [0.2, 0.25) is 0 Å². The number of nitrogens with two attached hydrogens (primary N) is 1. The second kappa shape index (κ2) is 5.09. The Morgan fingerprint density at radius 2 is 2.10 bits per heavy atom. The maximum atomic E-state index is 13.2. The number of halogens is 1. The van der Waals surface area contributed by atoms with Crippen molar-refractivity contribution in [1.29, 1.82) is 0 Å². The highest BCUT2D eigenvalue weighted by molar-refractivity contribution is 5.98. The predicted octanol–water partition coefficient (Wildman–Crippen LogP) is 2.64. The summed E-state index contributed by atoms with van der Waals surface area (Å²) < 4.78 is 18.6. The zero-order valence-corrected chi connectivity index (χ0v) is 11.6. The van der Waals surface area contributed by atoms with E-state index >= 15 is 0 Å². The van der Waals surface area contributed by atoms with Crippen LogP contribution in [-0.2, 0) is 11.3 Å². The van der Waals surface area contributed by atoms with Gasteiger partial charge in [0.25, 0.3) is 5.91 Å². The van der Waals surface area contributed by atoms with Crippen molar-refractivity contribution >= 4 is 17.3 Å². The molecule has 2 N–H and O–H groups in total. The van der Waals surface area contributed by atoms with Crippen LogP contribution < -0.4 is 15.4 Å². The van der Waals surface area contributed by atoms with Gasteiger partial charge in [0.2, 0.25) is 0 Å². The summed E-state index contributed by atoms with van der Waals surface area (Å²) in [6.07, 6.45) is 0. The lowest BCUT2D eigenvalue weighted by Gasteiger charge is -2.30. The van der Waals surface area contributed by atoms with E-state index in [9.17, 15) is 9.18 Å². The molecule has 1 heterocycles. The second-order valence-corrected chi connectivity index (χ2v) is 5.07. The fourth-order valence-electron chi connectivity index (χ4n) is 2.40. The first-order valence-electron chi connectivity index (χ1n) is 6.62. The number of nitrogens with zero attached hydrogens (tertiary/aromatic N) is 1. The average molecular weight is 286 g/mol. The molecule has 2 aromatic rings. The predicted molar refractivity (Wildman–Crippen MR) is 78.7 cm³/mol. The van der Waals surface area contributed by atoms with Crippen LogP contribution in [0.25, 0.3) is 0 Å². The van der Waals surface area contributed by atoms with E-state index in [4.69, 9.17) is 10.5 Å². The van der Waals surface area contributed by atoms with Crippen molar-refractivity contribution < 1.29 is 13.9 Å². The Bertz CT molecular complexity index is 715. The SMILES string of the molecule is Cc1cc(F)ccc1CN1C(=O)COc2cc(N)ccc21. The van der Waals surface area contributed by atoms with E-state index in [1.54, 1.807) is 29.2 Å². The summed E-state index contributed by atoms with van der Waals surface area (Å²) in [7, 11) is 0. The summed E-state index contributed by atoms with van der Waals surface area (Å²) in [4.78, 5) is 13.8. The van der Waals surface area contributed by atoms with Gasteiger partial charge in [-0.1, -0.05) is 6.07 Å². The van der Waals surface area contributed by atoms with E-state index < -0.39 is 0 Å². The second-order valence-electron chi connectivity index (χ2n) is 5.07. The molecule has 0 radical (unpaired) electrons. The van der Waals surface area contributed by atoms with Crippen LogP contribution in [0.15, 0.2) is 36.4 Å². The molecule has 108 valence electrons. The molecule has 5 heteroatoms. The van der Waals surface area contributed by atoms with E-state index in [-0.39, 0.29) is 18.3 Å². The molecule has 0 aromatic heterocycles. The molecule has 0 aliphatic carbocycles. The van der Waals surface area contributed by atoms with Crippen LogP contribution in [0, 0.1) is 12.7 Å². The van der Waals surface area contributed by atoms with E-state index in [0.29, 0.717) is 23.7 Å². The molecular weight excluding hydrogens is 271 g/mol. The quantitative estimate of drug-likeness (QED) is 0.863. The molecule has 3 rings (SSSR count). The van der Waals surface area contributed by atoms with Crippen LogP contribution >= 0.6 is 0 Å². The molecule has 4 nitrogen and oxygen atoms in total. The van der Waals surface area contributed by atoms with Gasteiger partial charge in [-0.3, -0.25) is 4.79 Å². The molecule has 1 aliphatic heterocycles. The number of anilines is 2. The number of rotatable bonds is 2. The van der Waals surface area contributed by atoms with Gasteiger partial charge in [-0.15, -0.1) is 0 Å². The Morgan fingerprint density at radius 1 is 1.29 bits per heavy atom. The largest absolute Gasteiger partial charge is 0.481 e. The summed E-state index contributed by atoms with van der Waals surface area (Å²) >= 11 is 0. The van der Waals surface area contributed by atoms with E-state index in [0.717, 1.165) is 11.1 Å². The van der Waals surface area contributed by atoms with Crippen molar-refractivity contribution in [3.05, 3.63) is 53.3 Å². The molecule has 0 unspecified atom stereocenters. The van der Waals surface area contributed by atoms with Gasteiger partial charge in [-0.2, -0.15) is 0 Å². The van der Waals surface area contributed by atoms with Crippen LogP contribution in [0.1, 0.15) is 11.1 Å². The molecule has 0 bridgehead atoms. The van der Waals surface area contributed by atoms with Crippen molar-refractivity contribution in [2.24, 2.45) is 0 Å². The molecule has 0 atom stereocenters. The van der Waals surface area contributed by atoms with Gasteiger partial charge in [0, 0.05) is 11.8 Å². The highest BCUT2D eigenvalue weighted by atomic mass is 19.1. The molecule has 0 saturated carbocycles. The molecule has 21 heavy (non-hydrogen) atoms. The fraction of sp³-hybridized carbons (Fsp3) is 0.188. The summed E-state index contributed by atoms with van der Waals surface area (Å²) in [6.45, 7) is 2.19. The lowest BCUT2D eigenvalue weighted by Crippen LogP contribution is -2.38. The highest BCUT2D eigenvalue weighted by Gasteiger charge is 2.26. The monoisotopic (exact) mass is 286 g/mol. The minimum absolute atomic E-state index is 0.0172. The number of carbonyl (C=O) groups is 1. The molecular formula is C16H15FN2O2. The number of nitrogen functional groups attached to an aromatic ring is 1. The summed E-state index contributed by atoms with van der Waals surface area (Å²) in [6, 6.07) is 9.75. The average Bonchev–Trinajstić information content (AvgIpc) is 2.44. The van der Waals surface area contributed by atoms with Crippen molar-refractivity contribution in [3.8, 4) is 5.75 Å². The van der Waals surface area contributed by atoms with Crippen LogP contribution in [0.3, 0.4) is 0 Å². The summed E-state index contributed by atoms with van der Waals surface area (Å²) in [5.74, 6) is 0.183. The van der Waals surface area contributed by atoms with Crippen molar-refractivity contribution in [2.75, 3.05) is 17.2 Å². The van der Waals surface area contributed by atoms with Gasteiger partial charge in [0.05, 0.1) is 12.2 Å². The van der Waals surface area contributed by atoms with Gasteiger partial charge < -0.3 is 15.4 Å². The number of hydrogen-bond acceptors (Lipinski definition) is 3. The molecule has 1 aliphatic rings. The fourth-order valence-corrected chi connectivity index (χ4v) is 2.40. The van der Waals surface area contributed by atoms with E-state index in [1.807, 2.05) is 6.92 Å². The maximum absolute atomic E-state index is 13.2. The summed E-state index contributed by atoms with van der Waals surface area (Å²) in [5, 5.41) is 0. The Kier molecular flexibility index (Phi) is 3.25. The van der Waals surface area contributed by atoms with Gasteiger partial charge in [-0.05, 0) is 42.3 Å². The molecule has 2 aromatic carbocycles. The third-order valence-electron chi connectivity index (χ3n) is 3.56. The molecule has 0 spiro atoms. The highest BCUT2D eigenvalue weighted by Crippen LogP contribution is 2.34. The van der Waals surface area contributed by atoms with E-state index in [1.165, 1.54) is 12.1 Å². The lowest BCUT2D eigenvalue weighted by molar-refractivity contribution is -0.121. The number of aryl methyl sites for hydroxylation is 1. The van der Waals surface area contributed by atoms with Crippen molar-refractivity contribution in [2.45, 2.75) is 13.5 Å². The molecule has 1 amide bonds. The van der Waals surface area contributed by atoms with Crippen LogP contribution in [0.4, 0.5) is 15.8 Å². The number of ether oxygens (including phenoxy) is 1. The standard InChI is InChI=1S/C16H15FN2O2/c1-10-6-12(17)3-2-11(10)8-19-14-5-4-13(18)7-15(14)21-9-16(19)20/h2-7H,8-9,18H2,1H3. The Labute approximate surface area is 121 Å². The number of fused-ring (bicyclic) bond motifs is 1. The first-order chi connectivity index (χ1) is 10.0. The topological polar surface area (TPSA) is 55.6 Å². The Morgan fingerprint density at radius 3 is 2.86 bits per heavy atom. The number of benzene rings is 2. The zero-order valence-electron chi connectivity index (χ0n) is 11.6. The minimum Gasteiger partial charge on any atom is -0.481 e. The van der Waals surface area contributed by atoms with Crippen LogP contribution in [0.5, 0.6) is 5.75 Å². The molecule has 0 saturated heterocycles. The number of amides is 1. The maximum Gasteiger partial charge on any atom is 0.265 e. The van der Waals surface area contributed by atoms with Crippen molar-refractivity contribution in [1.82, 2.24) is 0 Å². The van der Waals surface area contributed by atoms with Crippen LogP contribution in [-0.4, -0.2) is 12.5 Å². The first-order valence-corrected chi connectivity index (χ1v) is 6.62. The minimum atomic E-state index is -0.280. The molecule has 0 fully saturated rings. The number of hydrogen-bond donors (Lipinski definition) is 1. The normalized spacial score (nSPS) is 13.8. The first kappa shape index (κ1) is 13.4.